The Morgan fingerprint density at radius 2 is 1.94 bits per heavy atom. The van der Waals surface area contributed by atoms with Crippen LogP contribution < -0.4 is 4.74 Å². The molecule has 1 aromatic heterocycles. The molecule has 3 nitrogen and oxygen atoms in total. The van der Waals surface area contributed by atoms with Crippen LogP contribution in [0, 0.1) is 13.8 Å². The summed E-state index contributed by atoms with van der Waals surface area (Å²) >= 11 is 5.97. The van der Waals surface area contributed by atoms with Gasteiger partial charge in [0.15, 0.2) is 0 Å². The van der Waals surface area contributed by atoms with Crippen LogP contribution in [0.5, 0.6) is 5.75 Å². The second kappa shape index (κ2) is 6.66. The average Bonchev–Trinajstić information content (AvgIpc) is 2.74. The standard InChI is InChI=1S/C13H15ClN2O.ClH/c1-10-7-12(14)8-11(2)13(10)17-6-5-16-4-3-15-9-16;/h3-4,7-9H,5-6H2,1-2H3;1H. The van der Waals surface area contributed by atoms with E-state index >= 15 is 0 Å². The minimum atomic E-state index is 0. The van der Waals surface area contributed by atoms with E-state index < -0.39 is 0 Å². The molecule has 0 N–H and O–H groups in total. The number of nitrogens with zero attached hydrogens (tertiary/aromatic N) is 2. The molecule has 18 heavy (non-hydrogen) atoms. The molecule has 98 valence electrons. The van der Waals surface area contributed by atoms with E-state index in [2.05, 4.69) is 4.98 Å². The van der Waals surface area contributed by atoms with E-state index in [1.807, 2.05) is 36.7 Å². The molecule has 1 heterocycles. The topological polar surface area (TPSA) is 27.1 Å². The van der Waals surface area contributed by atoms with Crippen LogP contribution in [-0.4, -0.2) is 16.2 Å². The van der Waals surface area contributed by atoms with Crippen LogP contribution in [0.1, 0.15) is 11.1 Å². The van der Waals surface area contributed by atoms with Crippen LogP contribution in [0.15, 0.2) is 30.9 Å². The Labute approximate surface area is 118 Å². The number of hydrogen-bond donors (Lipinski definition) is 0. The zero-order valence-corrected chi connectivity index (χ0v) is 12.0. The predicted octanol–water partition coefficient (Wildman–Crippen LogP) is 3.65. The highest BCUT2D eigenvalue weighted by Gasteiger charge is 2.05. The second-order valence-corrected chi connectivity index (χ2v) is 4.45. The van der Waals surface area contributed by atoms with E-state index in [0.29, 0.717) is 6.61 Å². The van der Waals surface area contributed by atoms with Gasteiger partial charge in [-0.15, -0.1) is 12.4 Å². The van der Waals surface area contributed by atoms with E-state index in [4.69, 9.17) is 16.3 Å². The van der Waals surface area contributed by atoms with Gasteiger partial charge in [-0.05, 0) is 37.1 Å². The van der Waals surface area contributed by atoms with Gasteiger partial charge in [0, 0.05) is 17.4 Å². The van der Waals surface area contributed by atoms with Crippen molar-refractivity contribution in [3.8, 4) is 5.75 Å². The lowest BCUT2D eigenvalue weighted by atomic mass is 10.1. The largest absolute Gasteiger partial charge is 0.491 e. The first-order valence-electron chi connectivity index (χ1n) is 5.52. The quantitative estimate of drug-likeness (QED) is 0.858. The van der Waals surface area contributed by atoms with E-state index in [1.165, 1.54) is 0 Å². The fraction of sp³-hybridized carbons (Fsp3) is 0.308. The molecular formula is C13H16Cl2N2O. The number of imidazole rings is 1. The summed E-state index contributed by atoms with van der Waals surface area (Å²) in [7, 11) is 0. The van der Waals surface area contributed by atoms with Gasteiger partial charge >= 0.3 is 0 Å². The van der Waals surface area contributed by atoms with Crippen molar-refractivity contribution in [2.45, 2.75) is 20.4 Å². The molecule has 0 aliphatic rings. The van der Waals surface area contributed by atoms with Crippen molar-refractivity contribution in [2.24, 2.45) is 0 Å². The van der Waals surface area contributed by atoms with Crippen LogP contribution in [0.25, 0.3) is 0 Å². The lowest BCUT2D eigenvalue weighted by Crippen LogP contribution is -2.08. The summed E-state index contributed by atoms with van der Waals surface area (Å²) in [6.07, 6.45) is 5.47. The molecule has 5 heteroatoms. The molecule has 0 aliphatic carbocycles. The fourth-order valence-electron chi connectivity index (χ4n) is 1.80. The Balaban J connectivity index is 0.00000162. The van der Waals surface area contributed by atoms with Crippen LogP contribution in [0.4, 0.5) is 0 Å². The molecule has 0 saturated carbocycles. The number of aromatic nitrogens is 2. The van der Waals surface area contributed by atoms with Gasteiger partial charge in [-0.25, -0.2) is 4.98 Å². The van der Waals surface area contributed by atoms with Crippen LogP contribution >= 0.6 is 24.0 Å². The number of hydrogen-bond acceptors (Lipinski definition) is 2. The molecule has 0 aliphatic heterocycles. The molecule has 1 aromatic carbocycles. The van der Waals surface area contributed by atoms with E-state index in [9.17, 15) is 0 Å². The average molecular weight is 287 g/mol. The number of rotatable bonds is 4. The Morgan fingerprint density at radius 1 is 1.28 bits per heavy atom. The van der Waals surface area contributed by atoms with Crippen LogP contribution in [-0.2, 0) is 6.54 Å². The maximum atomic E-state index is 5.97. The van der Waals surface area contributed by atoms with Gasteiger partial charge < -0.3 is 9.30 Å². The number of aryl methyl sites for hydroxylation is 2. The third-order valence-electron chi connectivity index (χ3n) is 2.58. The molecular weight excluding hydrogens is 271 g/mol. The van der Waals surface area contributed by atoms with E-state index in [0.717, 1.165) is 28.4 Å². The first-order chi connectivity index (χ1) is 8.16. The van der Waals surface area contributed by atoms with Crippen molar-refractivity contribution in [1.82, 2.24) is 9.55 Å². The van der Waals surface area contributed by atoms with Gasteiger partial charge in [-0.1, -0.05) is 11.6 Å². The Morgan fingerprint density at radius 3 is 2.50 bits per heavy atom. The summed E-state index contributed by atoms with van der Waals surface area (Å²) in [5.74, 6) is 0.925. The predicted molar refractivity (Wildman–Crippen MR) is 75.9 cm³/mol. The minimum absolute atomic E-state index is 0. The molecule has 0 atom stereocenters. The van der Waals surface area contributed by atoms with Crippen molar-refractivity contribution in [3.63, 3.8) is 0 Å². The lowest BCUT2D eigenvalue weighted by molar-refractivity contribution is 0.294. The zero-order valence-electron chi connectivity index (χ0n) is 10.4. The molecule has 0 unspecified atom stereocenters. The van der Waals surface area contributed by atoms with E-state index in [1.54, 1.807) is 12.5 Å². The normalized spacial score (nSPS) is 9.94. The van der Waals surface area contributed by atoms with Crippen molar-refractivity contribution >= 4 is 24.0 Å². The van der Waals surface area contributed by atoms with Crippen molar-refractivity contribution in [2.75, 3.05) is 6.61 Å². The molecule has 0 radical (unpaired) electrons. The minimum Gasteiger partial charge on any atom is -0.491 e. The molecule has 0 bridgehead atoms. The fourth-order valence-corrected chi connectivity index (χ4v) is 2.12. The summed E-state index contributed by atoms with van der Waals surface area (Å²) < 4.78 is 7.78. The van der Waals surface area contributed by atoms with E-state index in [-0.39, 0.29) is 12.4 Å². The van der Waals surface area contributed by atoms with Crippen LogP contribution in [0.3, 0.4) is 0 Å². The van der Waals surface area contributed by atoms with Gasteiger partial charge in [-0.2, -0.15) is 0 Å². The summed E-state index contributed by atoms with van der Waals surface area (Å²) in [6.45, 7) is 5.43. The molecule has 0 amide bonds. The monoisotopic (exact) mass is 286 g/mol. The second-order valence-electron chi connectivity index (χ2n) is 4.02. The number of halogens is 2. The molecule has 0 spiro atoms. The van der Waals surface area contributed by atoms with Gasteiger partial charge in [0.05, 0.1) is 12.9 Å². The third kappa shape index (κ3) is 3.65. The van der Waals surface area contributed by atoms with Gasteiger partial charge in [-0.3, -0.25) is 0 Å². The van der Waals surface area contributed by atoms with Gasteiger partial charge in [0.25, 0.3) is 0 Å². The van der Waals surface area contributed by atoms with Gasteiger partial charge in [0.2, 0.25) is 0 Å². The highest BCUT2D eigenvalue weighted by molar-refractivity contribution is 6.30. The summed E-state index contributed by atoms with van der Waals surface area (Å²) in [5.41, 5.74) is 2.14. The van der Waals surface area contributed by atoms with Crippen molar-refractivity contribution < 1.29 is 4.74 Å². The third-order valence-corrected chi connectivity index (χ3v) is 2.80. The number of benzene rings is 1. The van der Waals surface area contributed by atoms with Crippen LogP contribution in [0.2, 0.25) is 5.02 Å². The Bertz CT molecular complexity index is 475. The number of ether oxygens (including phenoxy) is 1. The SMILES string of the molecule is Cc1cc(Cl)cc(C)c1OCCn1ccnc1.Cl. The Kier molecular flexibility index (Phi) is 5.51. The highest BCUT2D eigenvalue weighted by atomic mass is 35.5. The van der Waals surface area contributed by atoms with Crippen molar-refractivity contribution in [3.05, 3.63) is 47.0 Å². The van der Waals surface area contributed by atoms with Gasteiger partial charge in [0.1, 0.15) is 12.4 Å². The summed E-state index contributed by atoms with van der Waals surface area (Å²) in [4.78, 5) is 3.98. The van der Waals surface area contributed by atoms with Crippen molar-refractivity contribution in [1.29, 1.82) is 0 Å². The summed E-state index contributed by atoms with van der Waals surface area (Å²) in [5, 5.41) is 0.752. The first-order valence-corrected chi connectivity index (χ1v) is 5.90. The molecule has 2 aromatic rings. The summed E-state index contributed by atoms with van der Waals surface area (Å²) in [6, 6.07) is 3.84. The maximum Gasteiger partial charge on any atom is 0.125 e. The first kappa shape index (κ1) is 14.9. The highest BCUT2D eigenvalue weighted by Crippen LogP contribution is 2.26. The molecule has 0 saturated heterocycles. The molecule has 2 rings (SSSR count). The lowest BCUT2D eigenvalue weighted by Gasteiger charge is -2.12. The smallest absolute Gasteiger partial charge is 0.125 e. The zero-order chi connectivity index (χ0) is 12.3. The maximum absolute atomic E-state index is 5.97. The molecule has 0 fully saturated rings. The Hall–Kier alpha value is -1.19.